The van der Waals surface area contributed by atoms with Gasteiger partial charge in [0.25, 0.3) is 0 Å². The van der Waals surface area contributed by atoms with Crippen molar-refractivity contribution in [2.75, 3.05) is 6.54 Å². The summed E-state index contributed by atoms with van der Waals surface area (Å²) in [4.78, 5) is 12.2. The highest BCUT2D eigenvalue weighted by atomic mass is 16.2. The van der Waals surface area contributed by atoms with E-state index in [0.29, 0.717) is 5.92 Å². The SMILES string of the molecule is CCCCCCCCCC(C)C(C)(C)C(=O)NNCCC. The maximum atomic E-state index is 12.2. The van der Waals surface area contributed by atoms with Crippen LogP contribution in [0.15, 0.2) is 0 Å². The minimum absolute atomic E-state index is 0.117. The first-order valence-electron chi connectivity index (χ1n) is 9.00. The fraction of sp³-hybridized carbons (Fsp3) is 0.944. The second-order valence-corrected chi connectivity index (χ2v) is 6.91. The number of hydrogen-bond donors (Lipinski definition) is 2. The van der Waals surface area contributed by atoms with Gasteiger partial charge in [0.1, 0.15) is 0 Å². The van der Waals surface area contributed by atoms with Gasteiger partial charge in [-0.2, -0.15) is 0 Å². The molecule has 1 amide bonds. The molecule has 0 aliphatic rings. The van der Waals surface area contributed by atoms with E-state index in [-0.39, 0.29) is 11.3 Å². The fourth-order valence-corrected chi connectivity index (χ4v) is 2.42. The Bertz CT molecular complexity index is 264. The Morgan fingerprint density at radius 3 is 2.10 bits per heavy atom. The molecule has 0 aliphatic carbocycles. The van der Waals surface area contributed by atoms with Crippen molar-refractivity contribution < 1.29 is 4.79 Å². The zero-order valence-corrected chi connectivity index (χ0v) is 15.1. The van der Waals surface area contributed by atoms with E-state index in [1.807, 2.05) is 0 Å². The number of amides is 1. The van der Waals surface area contributed by atoms with Crippen LogP contribution in [0.5, 0.6) is 0 Å². The Balaban J connectivity index is 3.85. The van der Waals surface area contributed by atoms with E-state index in [0.717, 1.165) is 19.4 Å². The lowest BCUT2D eigenvalue weighted by Gasteiger charge is -2.30. The molecule has 1 atom stereocenters. The van der Waals surface area contributed by atoms with E-state index in [1.165, 1.54) is 44.9 Å². The number of carbonyl (C=O) groups excluding carboxylic acids is 1. The summed E-state index contributed by atoms with van der Waals surface area (Å²) < 4.78 is 0. The third kappa shape index (κ3) is 9.13. The topological polar surface area (TPSA) is 41.1 Å². The third-order valence-electron chi connectivity index (χ3n) is 4.63. The lowest BCUT2D eigenvalue weighted by atomic mass is 9.76. The van der Waals surface area contributed by atoms with Gasteiger partial charge in [0, 0.05) is 12.0 Å². The molecule has 0 heterocycles. The van der Waals surface area contributed by atoms with Crippen molar-refractivity contribution in [1.29, 1.82) is 0 Å². The molecule has 2 N–H and O–H groups in total. The molecule has 21 heavy (non-hydrogen) atoms. The maximum Gasteiger partial charge on any atom is 0.239 e. The molecule has 1 unspecified atom stereocenters. The van der Waals surface area contributed by atoms with E-state index in [4.69, 9.17) is 0 Å². The molecular formula is C18H38N2O. The van der Waals surface area contributed by atoms with Gasteiger partial charge in [-0.15, -0.1) is 0 Å². The van der Waals surface area contributed by atoms with Crippen LogP contribution in [0.25, 0.3) is 0 Å². The molecule has 0 bridgehead atoms. The van der Waals surface area contributed by atoms with Gasteiger partial charge in [-0.3, -0.25) is 10.2 Å². The number of nitrogens with one attached hydrogen (secondary N) is 2. The number of carbonyl (C=O) groups is 1. The first-order chi connectivity index (χ1) is 9.96. The van der Waals surface area contributed by atoms with E-state index < -0.39 is 0 Å². The Morgan fingerprint density at radius 1 is 0.952 bits per heavy atom. The second-order valence-electron chi connectivity index (χ2n) is 6.91. The molecule has 0 fully saturated rings. The maximum absolute atomic E-state index is 12.2. The van der Waals surface area contributed by atoms with E-state index in [9.17, 15) is 4.79 Å². The van der Waals surface area contributed by atoms with Gasteiger partial charge < -0.3 is 0 Å². The first-order valence-corrected chi connectivity index (χ1v) is 9.00. The summed E-state index contributed by atoms with van der Waals surface area (Å²) in [6.45, 7) is 11.5. The smallest absolute Gasteiger partial charge is 0.239 e. The van der Waals surface area contributed by atoms with Crippen LogP contribution in [0.4, 0.5) is 0 Å². The normalized spacial score (nSPS) is 13.2. The molecule has 0 aromatic heterocycles. The highest BCUT2D eigenvalue weighted by Crippen LogP contribution is 2.30. The number of rotatable bonds is 13. The molecule has 0 radical (unpaired) electrons. The Morgan fingerprint density at radius 2 is 1.52 bits per heavy atom. The molecule has 126 valence electrons. The van der Waals surface area contributed by atoms with Gasteiger partial charge >= 0.3 is 0 Å². The summed E-state index contributed by atoms with van der Waals surface area (Å²) in [6.07, 6.45) is 11.5. The third-order valence-corrected chi connectivity index (χ3v) is 4.63. The van der Waals surface area contributed by atoms with Gasteiger partial charge in [-0.25, -0.2) is 5.43 Å². The average Bonchev–Trinajstić information content (AvgIpc) is 2.46. The molecule has 3 heteroatoms. The van der Waals surface area contributed by atoms with Crippen molar-refractivity contribution in [1.82, 2.24) is 10.9 Å². The van der Waals surface area contributed by atoms with Crippen LogP contribution in [0.3, 0.4) is 0 Å². The number of hydrazine groups is 1. The highest BCUT2D eigenvalue weighted by Gasteiger charge is 2.33. The van der Waals surface area contributed by atoms with Gasteiger partial charge in [-0.1, -0.05) is 79.6 Å². The minimum atomic E-state index is -0.303. The monoisotopic (exact) mass is 298 g/mol. The minimum Gasteiger partial charge on any atom is -0.291 e. The second kappa shape index (κ2) is 12.0. The van der Waals surface area contributed by atoms with Crippen LogP contribution in [-0.4, -0.2) is 12.5 Å². The van der Waals surface area contributed by atoms with Crippen LogP contribution in [0, 0.1) is 11.3 Å². The van der Waals surface area contributed by atoms with Crippen molar-refractivity contribution in [2.45, 2.75) is 92.4 Å². The number of unbranched alkanes of at least 4 members (excludes halogenated alkanes) is 6. The molecule has 0 aromatic carbocycles. The predicted molar refractivity (Wildman–Crippen MR) is 92.0 cm³/mol. The molecule has 0 aliphatic heterocycles. The van der Waals surface area contributed by atoms with Crippen molar-refractivity contribution in [3.8, 4) is 0 Å². The van der Waals surface area contributed by atoms with Crippen molar-refractivity contribution in [3.05, 3.63) is 0 Å². The number of hydrogen-bond acceptors (Lipinski definition) is 2. The summed E-state index contributed by atoms with van der Waals surface area (Å²) in [5, 5.41) is 0. The van der Waals surface area contributed by atoms with Crippen LogP contribution < -0.4 is 10.9 Å². The van der Waals surface area contributed by atoms with Crippen LogP contribution in [0.2, 0.25) is 0 Å². The summed E-state index contributed by atoms with van der Waals surface area (Å²) >= 11 is 0. The molecule has 0 saturated carbocycles. The molecule has 0 spiro atoms. The quantitative estimate of drug-likeness (QED) is 0.378. The zero-order valence-electron chi connectivity index (χ0n) is 15.1. The Labute approximate surface area is 132 Å². The van der Waals surface area contributed by atoms with Crippen molar-refractivity contribution >= 4 is 5.91 Å². The molecule has 3 nitrogen and oxygen atoms in total. The van der Waals surface area contributed by atoms with Crippen LogP contribution >= 0.6 is 0 Å². The Kier molecular flexibility index (Phi) is 11.7. The first kappa shape index (κ1) is 20.4. The average molecular weight is 299 g/mol. The molecule has 0 saturated heterocycles. The largest absolute Gasteiger partial charge is 0.291 e. The van der Waals surface area contributed by atoms with Gasteiger partial charge in [0.2, 0.25) is 5.91 Å². The van der Waals surface area contributed by atoms with E-state index >= 15 is 0 Å². The van der Waals surface area contributed by atoms with Crippen LogP contribution in [0.1, 0.15) is 92.4 Å². The summed E-state index contributed by atoms with van der Waals surface area (Å²) in [5.41, 5.74) is 5.53. The lowest BCUT2D eigenvalue weighted by Crippen LogP contribution is -2.47. The van der Waals surface area contributed by atoms with Crippen molar-refractivity contribution in [2.24, 2.45) is 11.3 Å². The zero-order chi connectivity index (χ0) is 16.1. The summed E-state index contributed by atoms with van der Waals surface area (Å²) in [6, 6.07) is 0. The summed E-state index contributed by atoms with van der Waals surface area (Å²) in [5.74, 6) is 0.531. The van der Waals surface area contributed by atoms with Gasteiger partial charge in [0.15, 0.2) is 0 Å². The lowest BCUT2D eigenvalue weighted by molar-refractivity contribution is -0.133. The van der Waals surface area contributed by atoms with E-state index in [2.05, 4.69) is 45.5 Å². The molecule has 0 aromatic rings. The van der Waals surface area contributed by atoms with Gasteiger partial charge in [0.05, 0.1) is 0 Å². The van der Waals surface area contributed by atoms with E-state index in [1.54, 1.807) is 0 Å². The summed E-state index contributed by atoms with van der Waals surface area (Å²) in [7, 11) is 0. The van der Waals surface area contributed by atoms with Gasteiger partial charge in [-0.05, 0) is 18.8 Å². The molecule has 0 rings (SSSR count). The highest BCUT2D eigenvalue weighted by molar-refractivity contribution is 5.81. The predicted octanol–water partition coefficient (Wildman–Crippen LogP) is 4.82. The fourth-order valence-electron chi connectivity index (χ4n) is 2.42. The molecular weight excluding hydrogens is 260 g/mol. The Hall–Kier alpha value is -0.570. The standard InChI is InChI=1S/C18H38N2O/c1-6-8-9-10-11-12-13-14-16(3)18(4,5)17(21)20-19-15-7-2/h16,19H,6-15H2,1-5H3,(H,20,21). The van der Waals surface area contributed by atoms with Crippen LogP contribution in [-0.2, 0) is 4.79 Å². The van der Waals surface area contributed by atoms with Crippen molar-refractivity contribution in [3.63, 3.8) is 0 Å².